The lowest BCUT2D eigenvalue weighted by Gasteiger charge is -2.16. The van der Waals surface area contributed by atoms with Crippen molar-refractivity contribution < 1.29 is 4.79 Å². The van der Waals surface area contributed by atoms with Crippen LogP contribution in [-0.4, -0.2) is 45.0 Å². The van der Waals surface area contributed by atoms with Crippen LogP contribution in [0.15, 0.2) is 23.5 Å². The zero-order valence-corrected chi connectivity index (χ0v) is 16.1. The van der Waals surface area contributed by atoms with E-state index in [9.17, 15) is 4.79 Å². The number of nitrogens with one attached hydrogen (secondary N) is 1. The number of nitrogens with zero attached hydrogens (tertiary/aromatic N) is 4. The molecule has 3 N–H and O–H groups in total. The van der Waals surface area contributed by atoms with Crippen molar-refractivity contribution in [3.05, 3.63) is 24.0 Å². The second kappa shape index (κ2) is 7.77. The van der Waals surface area contributed by atoms with E-state index >= 15 is 0 Å². The van der Waals surface area contributed by atoms with Crippen LogP contribution in [0.2, 0.25) is 0 Å². The highest BCUT2D eigenvalue weighted by atomic mass is 35.5. The third kappa shape index (κ3) is 3.24. The van der Waals surface area contributed by atoms with Crippen LogP contribution in [0.1, 0.15) is 35.8 Å². The molecule has 26 heavy (non-hydrogen) atoms. The number of thioether (sulfide) groups is 1. The Morgan fingerprint density at radius 2 is 2.19 bits per heavy atom. The fraction of sp³-hybridized carbons (Fsp3) is 0.412. The van der Waals surface area contributed by atoms with Gasteiger partial charge >= 0.3 is 0 Å². The van der Waals surface area contributed by atoms with Crippen LogP contribution >= 0.6 is 24.2 Å². The smallest absolute Gasteiger partial charge is 0.269 e. The Balaban J connectivity index is 0.00000196. The van der Waals surface area contributed by atoms with Crippen molar-refractivity contribution in [2.45, 2.75) is 30.5 Å². The molecule has 9 heteroatoms. The van der Waals surface area contributed by atoms with Gasteiger partial charge in [-0.25, -0.2) is 9.97 Å². The van der Waals surface area contributed by atoms with Crippen LogP contribution in [0.3, 0.4) is 0 Å². The summed E-state index contributed by atoms with van der Waals surface area (Å²) in [7, 11) is 0. The maximum atomic E-state index is 11.9. The van der Waals surface area contributed by atoms with Crippen LogP contribution in [0.25, 0.3) is 21.8 Å². The van der Waals surface area contributed by atoms with Crippen molar-refractivity contribution in [1.82, 2.24) is 25.1 Å². The lowest BCUT2D eigenvalue weighted by atomic mass is 10.1. The number of carbonyl (C=O) groups is 1. The van der Waals surface area contributed by atoms with E-state index in [2.05, 4.69) is 15.4 Å². The summed E-state index contributed by atoms with van der Waals surface area (Å²) < 4.78 is 1.97. The SMILES string of the molecule is CSc1ncc2ccc3c(C(N)=O)nn(C4CCCNCC4)c3c2n1.Cl. The van der Waals surface area contributed by atoms with Gasteiger partial charge in [0.05, 0.1) is 11.6 Å². The summed E-state index contributed by atoms with van der Waals surface area (Å²) in [5.41, 5.74) is 7.62. The molecule has 1 atom stereocenters. The molecule has 0 bridgehead atoms. The molecular formula is C17H21ClN6OS. The number of hydrogen-bond acceptors (Lipinski definition) is 6. The van der Waals surface area contributed by atoms with Crippen molar-refractivity contribution in [2.24, 2.45) is 5.73 Å². The van der Waals surface area contributed by atoms with Crippen molar-refractivity contribution >= 4 is 51.9 Å². The summed E-state index contributed by atoms with van der Waals surface area (Å²) in [6.07, 6.45) is 6.83. The second-order valence-corrected chi connectivity index (χ2v) is 7.02. The van der Waals surface area contributed by atoms with E-state index in [4.69, 9.17) is 10.7 Å². The number of benzene rings is 1. The third-order valence-electron chi connectivity index (χ3n) is 4.70. The Labute approximate surface area is 161 Å². The van der Waals surface area contributed by atoms with Gasteiger partial charge in [0.2, 0.25) is 0 Å². The van der Waals surface area contributed by atoms with Crippen LogP contribution in [0.4, 0.5) is 0 Å². The predicted molar refractivity (Wildman–Crippen MR) is 106 cm³/mol. The Morgan fingerprint density at radius 1 is 1.35 bits per heavy atom. The van der Waals surface area contributed by atoms with Gasteiger partial charge in [0.25, 0.3) is 5.91 Å². The maximum Gasteiger partial charge on any atom is 0.269 e. The molecule has 4 rings (SSSR count). The number of aromatic nitrogens is 4. The number of primary amides is 1. The van der Waals surface area contributed by atoms with Gasteiger partial charge in [-0.2, -0.15) is 5.10 Å². The van der Waals surface area contributed by atoms with E-state index in [1.807, 2.05) is 29.3 Å². The van der Waals surface area contributed by atoms with E-state index in [0.717, 1.165) is 54.2 Å². The van der Waals surface area contributed by atoms with Gasteiger partial charge in [-0.1, -0.05) is 17.8 Å². The first-order valence-corrected chi connectivity index (χ1v) is 9.64. The minimum absolute atomic E-state index is 0. The minimum atomic E-state index is -0.506. The molecule has 0 saturated carbocycles. The maximum absolute atomic E-state index is 11.9. The Hall–Kier alpha value is -1.90. The molecule has 1 aromatic carbocycles. The van der Waals surface area contributed by atoms with Crippen molar-refractivity contribution in [3.63, 3.8) is 0 Å². The van der Waals surface area contributed by atoms with Gasteiger partial charge < -0.3 is 11.1 Å². The van der Waals surface area contributed by atoms with Gasteiger partial charge in [0, 0.05) is 17.0 Å². The second-order valence-electron chi connectivity index (χ2n) is 6.25. The predicted octanol–water partition coefficient (Wildman–Crippen LogP) is 2.54. The molecule has 7 nitrogen and oxygen atoms in total. The first-order valence-electron chi connectivity index (χ1n) is 8.41. The summed E-state index contributed by atoms with van der Waals surface area (Å²) in [5.74, 6) is -0.506. The van der Waals surface area contributed by atoms with Crippen LogP contribution in [0.5, 0.6) is 0 Å². The third-order valence-corrected chi connectivity index (χ3v) is 5.26. The zero-order chi connectivity index (χ0) is 17.4. The molecule has 1 unspecified atom stereocenters. The number of fused-ring (bicyclic) bond motifs is 3. The molecule has 3 aromatic rings. The first kappa shape index (κ1) is 18.9. The quantitative estimate of drug-likeness (QED) is 0.525. The first-order chi connectivity index (χ1) is 12.2. The Bertz CT molecular complexity index is 951. The fourth-order valence-electron chi connectivity index (χ4n) is 3.49. The van der Waals surface area contributed by atoms with Gasteiger partial charge in [-0.05, 0) is 44.7 Å². The van der Waals surface area contributed by atoms with Gasteiger partial charge in [0.15, 0.2) is 10.9 Å². The molecule has 0 spiro atoms. The largest absolute Gasteiger partial charge is 0.364 e. The average Bonchev–Trinajstić information content (AvgIpc) is 2.82. The van der Waals surface area contributed by atoms with Crippen LogP contribution in [-0.2, 0) is 0 Å². The molecule has 0 aliphatic carbocycles. The van der Waals surface area contributed by atoms with E-state index in [1.54, 1.807) is 0 Å². The minimum Gasteiger partial charge on any atom is -0.364 e. The normalized spacial score (nSPS) is 17.8. The number of amides is 1. The summed E-state index contributed by atoms with van der Waals surface area (Å²) in [6.45, 7) is 1.95. The van der Waals surface area contributed by atoms with Crippen molar-refractivity contribution in [3.8, 4) is 0 Å². The standard InChI is InChI=1S/C17H20N6OS.ClH/c1-25-17-20-9-10-4-5-12-14(16(18)24)22-23(15(12)13(10)21-17)11-3-2-7-19-8-6-11;/h4-5,9,11,19H,2-3,6-8H2,1H3,(H2,18,24);1H. The number of nitrogens with two attached hydrogens (primary N) is 1. The lowest BCUT2D eigenvalue weighted by molar-refractivity contribution is 0.0996. The topological polar surface area (TPSA) is 98.7 Å². The molecular weight excluding hydrogens is 372 g/mol. The van der Waals surface area contributed by atoms with Crippen molar-refractivity contribution in [1.29, 1.82) is 0 Å². The van der Waals surface area contributed by atoms with Crippen LogP contribution in [0, 0.1) is 0 Å². The van der Waals surface area contributed by atoms with Gasteiger partial charge in [-0.3, -0.25) is 9.48 Å². The molecule has 0 radical (unpaired) electrons. The summed E-state index contributed by atoms with van der Waals surface area (Å²) in [6, 6.07) is 4.05. The highest BCUT2D eigenvalue weighted by molar-refractivity contribution is 7.98. The average molecular weight is 393 g/mol. The van der Waals surface area contributed by atoms with Crippen molar-refractivity contribution in [2.75, 3.05) is 19.3 Å². The number of halogens is 1. The summed E-state index contributed by atoms with van der Waals surface area (Å²) >= 11 is 1.50. The zero-order valence-electron chi connectivity index (χ0n) is 14.4. The fourth-order valence-corrected chi connectivity index (χ4v) is 3.83. The molecule has 1 aliphatic rings. The van der Waals surface area contributed by atoms with E-state index in [0.29, 0.717) is 10.9 Å². The van der Waals surface area contributed by atoms with E-state index < -0.39 is 5.91 Å². The Kier molecular flexibility index (Phi) is 5.64. The molecule has 1 amide bonds. The number of hydrogen-bond donors (Lipinski definition) is 2. The summed E-state index contributed by atoms with van der Waals surface area (Å²) in [4.78, 5) is 21.0. The van der Waals surface area contributed by atoms with Gasteiger partial charge in [0.1, 0.15) is 5.52 Å². The molecule has 3 heterocycles. The molecule has 1 aliphatic heterocycles. The molecule has 1 fully saturated rings. The highest BCUT2D eigenvalue weighted by Gasteiger charge is 2.23. The molecule has 138 valence electrons. The van der Waals surface area contributed by atoms with E-state index in [1.165, 1.54) is 11.8 Å². The van der Waals surface area contributed by atoms with E-state index in [-0.39, 0.29) is 18.4 Å². The highest BCUT2D eigenvalue weighted by Crippen LogP contribution is 2.32. The van der Waals surface area contributed by atoms with Gasteiger partial charge in [-0.15, -0.1) is 12.4 Å². The number of carbonyl (C=O) groups excluding carboxylic acids is 1. The lowest BCUT2D eigenvalue weighted by Crippen LogP contribution is -2.17. The van der Waals surface area contributed by atoms with Crippen LogP contribution < -0.4 is 11.1 Å². The summed E-state index contributed by atoms with van der Waals surface area (Å²) in [5, 5.41) is 10.4. The Morgan fingerprint density at radius 3 is 2.96 bits per heavy atom. The monoisotopic (exact) mass is 392 g/mol. The molecule has 1 saturated heterocycles. The number of rotatable bonds is 3. The molecule has 2 aromatic heterocycles.